The highest BCUT2D eigenvalue weighted by atomic mass is 16.1. The molecule has 26 heavy (non-hydrogen) atoms. The Morgan fingerprint density at radius 1 is 0.846 bits per heavy atom. The average Bonchev–Trinajstić information content (AvgIpc) is 2.66. The average molecular weight is 337 g/mol. The molecule has 1 amide bonds. The second kappa shape index (κ2) is 6.93. The van der Waals surface area contributed by atoms with Crippen molar-refractivity contribution in [3.05, 3.63) is 95.6 Å². The Morgan fingerprint density at radius 2 is 1.50 bits per heavy atom. The van der Waals surface area contributed by atoms with Gasteiger partial charge in [-0.25, -0.2) is 4.99 Å². The number of carbonyl (C=O) groups is 1. The lowest BCUT2D eigenvalue weighted by atomic mass is 9.92. The number of hydrogen-bond donors (Lipinski definition) is 0. The van der Waals surface area contributed by atoms with Gasteiger partial charge in [0.1, 0.15) is 0 Å². The first kappa shape index (κ1) is 16.2. The minimum atomic E-state index is -0.185. The second-order valence-corrected chi connectivity index (χ2v) is 6.50. The number of aliphatic imine (C=N–C) groups is 1. The molecule has 0 N–H and O–H groups in total. The number of benzene rings is 4. The molecule has 0 radical (unpaired) electrons. The molecule has 0 aromatic heterocycles. The van der Waals surface area contributed by atoms with Crippen molar-refractivity contribution in [3.63, 3.8) is 0 Å². The lowest BCUT2D eigenvalue weighted by Crippen LogP contribution is -1.94. The first-order valence-corrected chi connectivity index (χ1v) is 8.74. The van der Waals surface area contributed by atoms with Gasteiger partial charge in [0.05, 0.1) is 0 Å². The smallest absolute Gasteiger partial charge is 0.242 e. The molecule has 4 rings (SSSR count). The van der Waals surface area contributed by atoms with Gasteiger partial charge < -0.3 is 0 Å². The van der Waals surface area contributed by atoms with Crippen molar-refractivity contribution in [1.29, 1.82) is 0 Å². The van der Waals surface area contributed by atoms with E-state index in [9.17, 15) is 4.79 Å². The predicted octanol–water partition coefficient (Wildman–Crippen LogP) is 5.55. The summed E-state index contributed by atoms with van der Waals surface area (Å²) in [6, 6.07) is 27.5. The van der Waals surface area contributed by atoms with Crippen LogP contribution in [0.3, 0.4) is 0 Å². The molecule has 0 fully saturated rings. The summed E-state index contributed by atoms with van der Waals surface area (Å²) in [5.41, 5.74) is 3.49. The van der Waals surface area contributed by atoms with Gasteiger partial charge in [-0.15, -0.1) is 0 Å². The van der Waals surface area contributed by atoms with E-state index in [4.69, 9.17) is 0 Å². The molecule has 0 unspecified atom stereocenters. The van der Waals surface area contributed by atoms with Gasteiger partial charge in [0.25, 0.3) is 0 Å². The fraction of sp³-hybridized carbons (Fsp3) is 0.0833. The maximum Gasteiger partial charge on any atom is 0.242 e. The molecule has 4 aromatic rings. The third-order valence-corrected chi connectivity index (χ3v) is 4.61. The van der Waals surface area contributed by atoms with Crippen molar-refractivity contribution in [3.8, 4) is 0 Å². The van der Waals surface area contributed by atoms with Crippen molar-refractivity contribution in [1.82, 2.24) is 0 Å². The number of rotatable bonds is 3. The molecular formula is C24H19NO. The highest BCUT2D eigenvalue weighted by molar-refractivity contribution is 6.02. The molecule has 0 saturated carbocycles. The Labute approximate surface area is 152 Å². The lowest BCUT2D eigenvalue weighted by Gasteiger charge is -2.12. The molecule has 0 bridgehead atoms. The first-order chi connectivity index (χ1) is 12.7. The predicted molar refractivity (Wildman–Crippen MR) is 109 cm³/mol. The van der Waals surface area contributed by atoms with Crippen molar-refractivity contribution in [2.75, 3.05) is 0 Å². The molecule has 0 spiro atoms. The number of carbonyl (C=O) groups excluding carboxylic acids is 1. The number of nitrogens with zero attached hydrogens (tertiary/aromatic N) is 1. The third kappa shape index (κ3) is 3.27. The maximum absolute atomic E-state index is 11.1. The summed E-state index contributed by atoms with van der Waals surface area (Å²) in [5.74, 6) is -0.185. The van der Waals surface area contributed by atoms with Gasteiger partial charge in [0, 0.05) is 13.1 Å². The van der Waals surface area contributed by atoms with Crippen LogP contribution in [0.2, 0.25) is 0 Å². The molecule has 2 nitrogen and oxygen atoms in total. The van der Waals surface area contributed by atoms with E-state index >= 15 is 0 Å². The summed E-state index contributed by atoms with van der Waals surface area (Å²) >= 11 is 0. The van der Waals surface area contributed by atoms with E-state index in [1.54, 1.807) is 6.21 Å². The molecule has 0 saturated heterocycles. The third-order valence-electron chi connectivity index (χ3n) is 4.61. The van der Waals surface area contributed by atoms with Gasteiger partial charge in [-0.05, 0) is 56.8 Å². The lowest BCUT2D eigenvalue weighted by molar-refractivity contribution is -0.115. The van der Waals surface area contributed by atoms with Crippen LogP contribution in [0.4, 0.5) is 0 Å². The highest BCUT2D eigenvalue weighted by Crippen LogP contribution is 2.30. The monoisotopic (exact) mass is 337 g/mol. The number of hydrogen-bond acceptors (Lipinski definition) is 1. The quantitative estimate of drug-likeness (QED) is 0.356. The van der Waals surface area contributed by atoms with Crippen molar-refractivity contribution < 1.29 is 4.79 Å². The Balaban J connectivity index is 1.84. The van der Waals surface area contributed by atoms with Crippen LogP contribution in [0.15, 0.2) is 83.9 Å². The highest BCUT2D eigenvalue weighted by Gasteiger charge is 2.08. The summed E-state index contributed by atoms with van der Waals surface area (Å²) in [4.78, 5) is 15.0. The zero-order chi connectivity index (χ0) is 17.9. The van der Waals surface area contributed by atoms with Gasteiger partial charge in [-0.2, -0.15) is 0 Å². The van der Waals surface area contributed by atoms with Crippen LogP contribution in [0.1, 0.15) is 23.6 Å². The summed E-state index contributed by atoms with van der Waals surface area (Å²) in [6.45, 7) is 1.46. The van der Waals surface area contributed by atoms with Crippen molar-refractivity contribution in [2.24, 2.45) is 4.99 Å². The zero-order valence-corrected chi connectivity index (χ0v) is 14.6. The van der Waals surface area contributed by atoms with Crippen molar-refractivity contribution in [2.45, 2.75) is 13.3 Å². The van der Waals surface area contributed by atoms with Gasteiger partial charge in [-0.1, -0.05) is 66.7 Å². The van der Waals surface area contributed by atoms with E-state index in [2.05, 4.69) is 71.7 Å². The van der Waals surface area contributed by atoms with Crippen LogP contribution in [0.25, 0.3) is 21.5 Å². The first-order valence-electron chi connectivity index (χ1n) is 8.74. The van der Waals surface area contributed by atoms with E-state index in [1.165, 1.54) is 39.6 Å². The van der Waals surface area contributed by atoms with Gasteiger partial charge in [0.2, 0.25) is 5.91 Å². The SMILES string of the molecule is CC(=O)N=Cc1cccc(Cc2c3ccccc3cc3ccccc23)c1. The summed E-state index contributed by atoms with van der Waals surface area (Å²) in [7, 11) is 0. The zero-order valence-electron chi connectivity index (χ0n) is 14.6. The molecule has 0 atom stereocenters. The van der Waals surface area contributed by atoms with Crippen LogP contribution < -0.4 is 0 Å². The Kier molecular flexibility index (Phi) is 4.32. The van der Waals surface area contributed by atoms with Gasteiger partial charge in [0.15, 0.2) is 0 Å². The van der Waals surface area contributed by atoms with E-state index in [0.29, 0.717) is 0 Å². The summed E-state index contributed by atoms with van der Waals surface area (Å²) in [6.07, 6.45) is 2.47. The van der Waals surface area contributed by atoms with Crippen LogP contribution in [0, 0.1) is 0 Å². The molecular weight excluding hydrogens is 318 g/mol. The second-order valence-electron chi connectivity index (χ2n) is 6.50. The topological polar surface area (TPSA) is 29.4 Å². The van der Waals surface area contributed by atoms with Crippen LogP contribution in [0.5, 0.6) is 0 Å². The minimum Gasteiger partial charge on any atom is -0.273 e. The van der Waals surface area contributed by atoms with Crippen LogP contribution in [-0.2, 0) is 11.2 Å². The van der Waals surface area contributed by atoms with E-state index in [1.807, 2.05) is 12.1 Å². The Morgan fingerprint density at radius 3 is 2.15 bits per heavy atom. The van der Waals surface area contributed by atoms with Gasteiger partial charge >= 0.3 is 0 Å². The molecule has 126 valence electrons. The fourth-order valence-corrected chi connectivity index (χ4v) is 3.45. The molecule has 0 aliphatic rings. The maximum atomic E-state index is 11.1. The normalized spacial score (nSPS) is 11.4. The minimum absolute atomic E-state index is 0.185. The molecule has 0 aliphatic carbocycles. The summed E-state index contributed by atoms with van der Waals surface area (Å²) in [5, 5.41) is 5.09. The largest absolute Gasteiger partial charge is 0.273 e. The molecule has 0 heterocycles. The van der Waals surface area contributed by atoms with E-state index in [0.717, 1.165) is 12.0 Å². The van der Waals surface area contributed by atoms with E-state index in [-0.39, 0.29) is 5.91 Å². The fourth-order valence-electron chi connectivity index (χ4n) is 3.45. The molecule has 4 aromatic carbocycles. The van der Waals surface area contributed by atoms with Crippen LogP contribution >= 0.6 is 0 Å². The van der Waals surface area contributed by atoms with Gasteiger partial charge in [-0.3, -0.25) is 4.79 Å². The number of amides is 1. The summed E-state index contributed by atoms with van der Waals surface area (Å²) < 4.78 is 0. The Hall–Kier alpha value is -3.26. The number of fused-ring (bicyclic) bond motifs is 2. The molecule has 2 heteroatoms. The van der Waals surface area contributed by atoms with E-state index < -0.39 is 0 Å². The Bertz CT molecular complexity index is 1090. The van der Waals surface area contributed by atoms with Crippen molar-refractivity contribution >= 4 is 33.7 Å². The molecule has 0 aliphatic heterocycles. The van der Waals surface area contributed by atoms with Crippen LogP contribution in [-0.4, -0.2) is 12.1 Å². The standard InChI is InChI=1S/C24H19NO/c1-17(26)25-16-19-8-6-7-18(13-19)14-24-22-11-4-2-9-20(22)15-21-10-3-5-12-23(21)24/h2-13,15-16H,14H2,1H3.